The molecule has 0 aromatic heterocycles. The molecule has 0 spiro atoms. The molecule has 0 rings (SSSR count). The second-order valence-corrected chi connectivity index (χ2v) is 13.8. The van der Waals surface area contributed by atoms with Crippen molar-refractivity contribution in [2.45, 2.75) is 152 Å². The van der Waals surface area contributed by atoms with Crippen LogP contribution in [0.3, 0.4) is 0 Å². The Hall–Kier alpha value is 0.439. The zero-order valence-corrected chi connectivity index (χ0v) is 29.4. The van der Waals surface area contributed by atoms with Gasteiger partial charge in [-0.3, -0.25) is 0 Å². The van der Waals surface area contributed by atoms with Gasteiger partial charge in [0.15, 0.2) is 0 Å². The number of aliphatic carboxylic acids is 2. The summed E-state index contributed by atoms with van der Waals surface area (Å²) in [5.41, 5.74) is 0. The van der Waals surface area contributed by atoms with Crippen LogP contribution in [0.5, 0.6) is 0 Å². The molecule has 0 fully saturated rings. The Bertz CT molecular complexity index is 427. The number of rotatable bonds is 24. The molecule has 0 saturated carbocycles. The molecule has 0 aromatic rings. The van der Waals surface area contributed by atoms with E-state index in [4.69, 9.17) is 0 Å². The summed E-state index contributed by atoms with van der Waals surface area (Å²) in [4.78, 5) is 26.2. The second kappa shape index (κ2) is 36.4. The molecule has 7 heteroatoms. The first-order valence-electron chi connectivity index (χ1n) is 15.1. The van der Waals surface area contributed by atoms with Gasteiger partial charge in [-0.05, 0) is 49.0 Å². The number of carbonyl (C=O) groups is 2. The number of carboxylic acids is 2. The minimum absolute atomic E-state index is 0.230. The third-order valence-electron chi connectivity index (χ3n) is 6.43. The Morgan fingerprint density at radius 3 is 1.00 bits per heavy atom. The van der Waals surface area contributed by atoms with Crippen molar-refractivity contribution >= 4 is 58.3 Å². The average Bonchev–Trinajstić information content (AvgIpc) is 2.86. The van der Waals surface area contributed by atoms with Gasteiger partial charge in [0, 0.05) is 11.9 Å². The molecule has 2 atom stereocenters. The van der Waals surface area contributed by atoms with E-state index >= 15 is 0 Å². The number of thiol groups is 2. The Morgan fingerprint density at radius 1 is 0.541 bits per heavy atom. The summed E-state index contributed by atoms with van der Waals surface area (Å²) in [5, 5.41) is 21.6. The molecule has 220 valence electrons. The van der Waals surface area contributed by atoms with Crippen molar-refractivity contribution in [3.63, 3.8) is 0 Å². The first-order chi connectivity index (χ1) is 17.9. The molecule has 2 unspecified atom stereocenters. The van der Waals surface area contributed by atoms with Gasteiger partial charge in [-0.15, -0.1) is 0 Å². The van der Waals surface area contributed by atoms with E-state index in [1.165, 1.54) is 77.0 Å². The fourth-order valence-electron chi connectivity index (χ4n) is 4.12. The molecular formula is C30H60O4S2Sn. The maximum atomic E-state index is 10.8. The Labute approximate surface area is 252 Å². The van der Waals surface area contributed by atoms with Crippen LogP contribution in [0.4, 0.5) is 0 Å². The van der Waals surface area contributed by atoms with E-state index in [0.717, 1.165) is 38.5 Å². The summed E-state index contributed by atoms with van der Waals surface area (Å²) in [6.07, 6.45) is 22.8. The number of hydrogen-bond donors (Lipinski definition) is 2. The van der Waals surface area contributed by atoms with E-state index in [2.05, 4.69) is 49.0 Å². The van der Waals surface area contributed by atoms with E-state index in [1.54, 1.807) is 0 Å². The summed E-state index contributed by atoms with van der Waals surface area (Å²) < 4.78 is 0. The molecule has 0 N–H and O–H groups in total. The Balaban J connectivity index is -0.000000564. The van der Waals surface area contributed by atoms with E-state index in [1.807, 2.05) is 0 Å². The van der Waals surface area contributed by atoms with Crippen molar-refractivity contribution in [1.82, 2.24) is 0 Å². The zero-order valence-electron chi connectivity index (χ0n) is 24.7. The summed E-state index contributed by atoms with van der Waals surface area (Å²) in [5.74, 6) is -1.10. The quantitative estimate of drug-likeness (QED) is 0.0649. The van der Waals surface area contributed by atoms with E-state index in [0.29, 0.717) is 24.3 Å². The van der Waals surface area contributed by atoms with Crippen LogP contribution in [0.15, 0.2) is 0 Å². The fraction of sp³-hybridized carbons (Fsp3) is 0.933. The Kier molecular flexibility index (Phi) is 41.3. The van der Waals surface area contributed by atoms with Crippen LogP contribution in [0.1, 0.15) is 142 Å². The fourth-order valence-corrected chi connectivity index (χ4v) is 4.74. The van der Waals surface area contributed by atoms with E-state index < -0.39 is 11.9 Å². The van der Waals surface area contributed by atoms with Gasteiger partial charge in [-0.25, -0.2) is 0 Å². The standard InChI is InChI=1S/2C14H28O2S.2CH3.Sn/c2*1-2-3-4-5-6-7-8-9-10-13(11-12-17)14(15)16;;;/h2*13,17H,2-12H2,1H3,(H,15,16);2*1H3;/q;;;;+2/p-2. The third kappa shape index (κ3) is 36.4. The van der Waals surface area contributed by atoms with Gasteiger partial charge >= 0.3 is 31.0 Å². The van der Waals surface area contributed by atoms with Crippen LogP contribution < -0.4 is 10.2 Å². The molecule has 0 aliphatic heterocycles. The van der Waals surface area contributed by atoms with E-state index in [-0.39, 0.29) is 33.0 Å². The van der Waals surface area contributed by atoms with Gasteiger partial charge in [-0.2, -0.15) is 25.3 Å². The summed E-state index contributed by atoms with van der Waals surface area (Å²) in [6.45, 7) is 4.45. The van der Waals surface area contributed by atoms with Gasteiger partial charge in [0.25, 0.3) is 0 Å². The van der Waals surface area contributed by atoms with Crippen LogP contribution >= 0.6 is 25.3 Å². The summed E-state index contributed by atoms with van der Waals surface area (Å²) in [7, 11) is 0. The summed E-state index contributed by atoms with van der Waals surface area (Å²) in [6, 6.07) is 0. The summed E-state index contributed by atoms with van der Waals surface area (Å²) >= 11 is 8.38. The van der Waals surface area contributed by atoms with Gasteiger partial charge in [0.1, 0.15) is 0 Å². The van der Waals surface area contributed by atoms with Crippen molar-refractivity contribution in [2.75, 3.05) is 11.5 Å². The van der Waals surface area contributed by atoms with Gasteiger partial charge < -0.3 is 19.8 Å². The number of unbranched alkanes of at least 4 members (excludes halogenated alkanes) is 14. The first-order valence-corrected chi connectivity index (χ1v) is 22.0. The van der Waals surface area contributed by atoms with Crippen molar-refractivity contribution in [3.05, 3.63) is 0 Å². The number of carbonyl (C=O) groups excluding carboxylic acids is 2. The predicted octanol–water partition coefficient (Wildman–Crippen LogP) is 7.19. The molecule has 0 heterocycles. The monoisotopic (exact) mass is 668 g/mol. The molecule has 0 bridgehead atoms. The zero-order chi connectivity index (χ0) is 28.6. The van der Waals surface area contributed by atoms with Crippen LogP contribution in [-0.2, 0) is 9.59 Å². The van der Waals surface area contributed by atoms with Crippen LogP contribution in [0, 0.1) is 11.8 Å². The van der Waals surface area contributed by atoms with Crippen molar-refractivity contribution in [2.24, 2.45) is 11.8 Å². The maximum absolute atomic E-state index is 10.8. The molecule has 0 aliphatic carbocycles. The van der Waals surface area contributed by atoms with E-state index in [9.17, 15) is 19.8 Å². The van der Waals surface area contributed by atoms with Crippen molar-refractivity contribution < 1.29 is 19.8 Å². The third-order valence-corrected chi connectivity index (χ3v) is 6.95. The molecule has 0 amide bonds. The van der Waals surface area contributed by atoms with Gasteiger partial charge in [0.05, 0.1) is 0 Å². The van der Waals surface area contributed by atoms with Crippen molar-refractivity contribution in [3.8, 4) is 0 Å². The molecule has 0 aromatic carbocycles. The predicted molar refractivity (Wildman–Crippen MR) is 166 cm³/mol. The number of hydrogen-bond acceptors (Lipinski definition) is 6. The van der Waals surface area contributed by atoms with Gasteiger partial charge in [-0.1, -0.05) is 117 Å². The van der Waals surface area contributed by atoms with Crippen LogP contribution in [0.25, 0.3) is 0 Å². The normalized spacial score (nSPS) is 11.8. The van der Waals surface area contributed by atoms with Crippen LogP contribution in [-0.4, -0.2) is 44.6 Å². The minimum atomic E-state index is -0.901. The van der Waals surface area contributed by atoms with Gasteiger partial charge in [0.2, 0.25) is 0 Å². The topological polar surface area (TPSA) is 80.3 Å². The molecule has 37 heavy (non-hydrogen) atoms. The van der Waals surface area contributed by atoms with Crippen LogP contribution in [0.2, 0.25) is 9.88 Å². The molecular weight excluding hydrogens is 607 g/mol. The molecule has 0 saturated heterocycles. The van der Waals surface area contributed by atoms with Crippen molar-refractivity contribution in [1.29, 1.82) is 0 Å². The first kappa shape index (κ1) is 41.9. The second-order valence-electron chi connectivity index (χ2n) is 10.1. The number of carboxylic acid groups (broad SMARTS) is 2. The molecule has 0 aliphatic rings. The average molecular weight is 668 g/mol. The SMILES string of the molecule is CCCCCCCCCCC(CCS)C(=O)[O-].CCCCCCCCCCC(CCS)C(=O)[O-].[CH3][Sn+2][CH3]. The Morgan fingerprint density at radius 2 is 0.784 bits per heavy atom. The molecule has 4 nitrogen and oxygen atoms in total. The molecule has 0 radical (unpaired) electrons.